The number of ether oxygens (including phenoxy) is 3. The average molecular weight is 669 g/mol. The quantitative estimate of drug-likeness (QED) is 0.282. The van der Waals surface area contributed by atoms with Crippen LogP contribution in [0.2, 0.25) is 0 Å². The Morgan fingerprint density at radius 2 is 1.80 bits per heavy atom. The van der Waals surface area contributed by atoms with Gasteiger partial charge in [-0.05, 0) is 33.8 Å². The molecule has 0 aliphatic carbocycles. The van der Waals surface area contributed by atoms with E-state index in [9.17, 15) is 39.9 Å². The first-order chi connectivity index (χ1) is 21.2. The zero-order valence-corrected chi connectivity index (χ0v) is 25.6. The lowest BCUT2D eigenvalue weighted by Gasteiger charge is -2.44. The third-order valence-corrected chi connectivity index (χ3v) is 7.27. The van der Waals surface area contributed by atoms with Gasteiger partial charge in [0.15, 0.2) is 12.1 Å². The van der Waals surface area contributed by atoms with Crippen LogP contribution < -0.4 is 14.8 Å². The van der Waals surface area contributed by atoms with Crippen molar-refractivity contribution >= 4 is 11.7 Å². The molecule has 1 saturated heterocycles. The first-order valence-corrected chi connectivity index (χ1v) is 13.9. The number of carbonyl (C=O) groups is 1. The van der Waals surface area contributed by atoms with Gasteiger partial charge in [-0.1, -0.05) is 0 Å². The van der Waals surface area contributed by atoms with Crippen LogP contribution in [0.3, 0.4) is 0 Å². The number of hydrogen-bond donors (Lipinski definition) is 1. The number of rotatable bonds is 8. The molecule has 46 heavy (non-hydrogen) atoms. The fourth-order valence-electron chi connectivity index (χ4n) is 5.55. The molecule has 0 radical (unpaired) electrons. The van der Waals surface area contributed by atoms with Crippen LogP contribution in [-0.2, 0) is 4.74 Å². The number of nitrogens with zero attached hydrogens (tertiary/aromatic N) is 5. The van der Waals surface area contributed by atoms with Crippen LogP contribution in [0, 0.1) is 6.92 Å². The summed E-state index contributed by atoms with van der Waals surface area (Å²) in [6.07, 6.45) is -11.2. The summed E-state index contributed by atoms with van der Waals surface area (Å²) < 4.78 is 133. The van der Waals surface area contributed by atoms with Crippen LogP contribution in [-0.4, -0.2) is 87.1 Å². The molecular formula is C28H32F8N6O4. The lowest BCUT2D eigenvalue weighted by molar-refractivity contribution is -0.246. The Morgan fingerprint density at radius 3 is 2.35 bits per heavy atom. The molecule has 0 saturated carbocycles. The summed E-state index contributed by atoms with van der Waals surface area (Å²) in [7, 11) is 2.55. The van der Waals surface area contributed by atoms with Crippen molar-refractivity contribution in [3.8, 4) is 22.9 Å². The number of aromatic nitrogens is 4. The number of aryl methyl sites for hydroxylation is 1. The molecule has 1 N–H and O–H groups in total. The van der Waals surface area contributed by atoms with Gasteiger partial charge in [0.05, 0.1) is 49.2 Å². The van der Waals surface area contributed by atoms with Gasteiger partial charge in [-0.3, -0.25) is 4.98 Å². The van der Waals surface area contributed by atoms with Gasteiger partial charge in [-0.2, -0.15) is 26.3 Å². The molecule has 3 aromatic rings. The third kappa shape index (κ3) is 7.36. The Labute approximate surface area is 258 Å². The zero-order chi connectivity index (χ0) is 34.4. The van der Waals surface area contributed by atoms with Crippen molar-refractivity contribution in [2.75, 3.05) is 20.8 Å². The number of alkyl halides is 8. The van der Waals surface area contributed by atoms with Crippen molar-refractivity contribution in [3.63, 3.8) is 0 Å². The van der Waals surface area contributed by atoms with Gasteiger partial charge in [0.25, 0.3) is 11.8 Å². The zero-order valence-electron chi connectivity index (χ0n) is 25.6. The van der Waals surface area contributed by atoms with E-state index in [0.717, 1.165) is 33.0 Å². The summed E-state index contributed by atoms with van der Waals surface area (Å²) in [6, 6.07) is -6.80. The average Bonchev–Trinajstić information content (AvgIpc) is 3.30. The number of pyridine rings is 1. The lowest BCUT2D eigenvalue weighted by atomic mass is 9.89. The number of nitrogens with one attached hydrogen (secondary N) is 1. The van der Waals surface area contributed by atoms with Gasteiger partial charge in [0.1, 0.15) is 5.75 Å². The molecule has 254 valence electrons. The number of urea groups is 1. The number of halogens is 8. The van der Waals surface area contributed by atoms with E-state index in [4.69, 9.17) is 14.2 Å². The van der Waals surface area contributed by atoms with Crippen LogP contribution in [0.5, 0.6) is 11.6 Å². The van der Waals surface area contributed by atoms with E-state index in [1.54, 1.807) is 13.1 Å². The number of methoxy groups -OCH3 is 2. The summed E-state index contributed by atoms with van der Waals surface area (Å²) in [5.41, 5.74) is -1.54. The molecule has 1 aliphatic heterocycles. The first kappa shape index (κ1) is 34.9. The van der Waals surface area contributed by atoms with Crippen LogP contribution in [0.1, 0.15) is 51.0 Å². The summed E-state index contributed by atoms with van der Waals surface area (Å²) in [5.74, 6) is -3.57. The number of amides is 2. The number of carbonyl (C=O) groups excluding carboxylic acids is 1. The molecule has 10 nitrogen and oxygen atoms in total. The van der Waals surface area contributed by atoms with E-state index in [2.05, 4.69) is 15.0 Å². The van der Waals surface area contributed by atoms with Crippen molar-refractivity contribution in [2.45, 2.75) is 82.6 Å². The van der Waals surface area contributed by atoms with Crippen LogP contribution in [0.4, 0.5) is 39.9 Å². The van der Waals surface area contributed by atoms with E-state index in [0.29, 0.717) is 11.3 Å². The predicted octanol–water partition coefficient (Wildman–Crippen LogP) is 6.28. The van der Waals surface area contributed by atoms with E-state index in [1.165, 1.54) is 30.1 Å². The Hall–Kier alpha value is -3.96. The molecule has 18 heteroatoms. The fourth-order valence-corrected chi connectivity index (χ4v) is 5.55. The maximum absolute atomic E-state index is 14.7. The topological polar surface area (TPSA) is 103 Å². The highest BCUT2D eigenvalue weighted by Gasteiger charge is 2.56. The highest BCUT2D eigenvalue weighted by atomic mass is 19.4. The monoisotopic (exact) mass is 668 g/mol. The fraction of sp³-hybridized carbons (Fsp3) is 0.571. The molecule has 2 unspecified atom stereocenters. The van der Waals surface area contributed by atoms with Gasteiger partial charge in [0, 0.05) is 37.3 Å². The smallest absolute Gasteiger partial charge is 0.414 e. The molecule has 0 aromatic carbocycles. The van der Waals surface area contributed by atoms with Gasteiger partial charge in [-0.15, -0.1) is 0 Å². The SMILES string of the molecule is CCN(C(=O)NC(C1CC(F)(F)CC(C)(C)O1)C(F)(F)F)[C@@H](c1cc(-c2cn3cc(C)nc3c(OC)n2)c(OC)cn1)C(F)(F)F. The van der Waals surface area contributed by atoms with Gasteiger partial charge < -0.3 is 28.8 Å². The van der Waals surface area contributed by atoms with Crippen molar-refractivity contribution in [2.24, 2.45) is 0 Å². The Morgan fingerprint density at radius 1 is 1.13 bits per heavy atom. The molecular weight excluding hydrogens is 636 g/mol. The first-order valence-electron chi connectivity index (χ1n) is 13.9. The van der Waals surface area contributed by atoms with E-state index < -0.39 is 73.2 Å². The Kier molecular flexibility index (Phi) is 9.36. The summed E-state index contributed by atoms with van der Waals surface area (Å²) in [6.45, 7) is 4.38. The Bertz CT molecular complexity index is 1560. The minimum atomic E-state index is -5.35. The number of imidazole rings is 1. The molecule has 1 aliphatic rings. The molecule has 3 atom stereocenters. The summed E-state index contributed by atoms with van der Waals surface area (Å²) in [5, 5.41) is 1.49. The van der Waals surface area contributed by atoms with Crippen LogP contribution >= 0.6 is 0 Å². The molecule has 2 amide bonds. The van der Waals surface area contributed by atoms with Gasteiger partial charge in [0.2, 0.25) is 5.65 Å². The normalized spacial score (nSPS) is 19.4. The third-order valence-electron chi connectivity index (χ3n) is 7.27. The molecule has 4 rings (SSSR count). The maximum Gasteiger partial charge on any atom is 0.414 e. The Balaban J connectivity index is 1.76. The minimum Gasteiger partial charge on any atom is -0.494 e. The highest BCUT2D eigenvalue weighted by Crippen LogP contribution is 2.44. The lowest BCUT2D eigenvalue weighted by Crippen LogP contribution is -2.61. The highest BCUT2D eigenvalue weighted by molar-refractivity contribution is 5.76. The van der Waals surface area contributed by atoms with Crippen molar-refractivity contribution in [1.29, 1.82) is 0 Å². The largest absolute Gasteiger partial charge is 0.494 e. The second-order valence-corrected chi connectivity index (χ2v) is 11.4. The van der Waals surface area contributed by atoms with Crippen LogP contribution in [0.25, 0.3) is 16.9 Å². The standard InChI is InChI=1S/C28H32F8N6O4/c1-7-42(24(43)40-20(27(31,32)33)18-9-26(29,30)13-25(3,4)46-18)21(28(34,35)36)16-8-15(19(44-5)10-37-16)17-12-41-11-14(2)38-22(41)23(39-17)45-6/h8,10-12,18,20-21H,7,9,13H2,1-6H3,(H,40,43)/t18?,20?,21-/m0/s1. The second kappa shape index (κ2) is 12.3. The summed E-state index contributed by atoms with van der Waals surface area (Å²) in [4.78, 5) is 25.8. The molecule has 0 bridgehead atoms. The van der Waals surface area contributed by atoms with E-state index in [-0.39, 0.29) is 27.8 Å². The van der Waals surface area contributed by atoms with E-state index in [1.807, 2.05) is 0 Å². The van der Waals surface area contributed by atoms with Gasteiger partial charge in [-0.25, -0.2) is 23.5 Å². The van der Waals surface area contributed by atoms with Crippen LogP contribution in [0.15, 0.2) is 24.7 Å². The van der Waals surface area contributed by atoms with Crippen molar-refractivity contribution < 1.29 is 54.1 Å². The minimum absolute atomic E-state index is 0.0157. The molecule has 1 fully saturated rings. The van der Waals surface area contributed by atoms with Crippen molar-refractivity contribution in [1.82, 2.24) is 29.6 Å². The summed E-state index contributed by atoms with van der Waals surface area (Å²) >= 11 is 0. The predicted molar refractivity (Wildman–Crippen MR) is 147 cm³/mol. The molecule has 0 spiro atoms. The molecule has 3 aromatic heterocycles. The van der Waals surface area contributed by atoms with E-state index >= 15 is 0 Å². The number of fused-ring (bicyclic) bond motifs is 1. The van der Waals surface area contributed by atoms with Crippen molar-refractivity contribution in [3.05, 3.63) is 36.0 Å². The molecule has 4 heterocycles. The second-order valence-electron chi connectivity index (χ2n) is 11.4. The van der Waals surface area contributed by atoms with Gasteiger partial charge >= 0.3 is 18.4 Å². The number of hydrogen-bond acceptors (Lipinski definition) is 7. The maximum atomic E-state index is 14.7.